The number of nitrogens with zero attached hydrogens (tertiary/aromatic N) is 3. The van der Waals surface area contributed by atoms with E-state index in [1.165, 1.54) is 0 Å². The number of benzene rings is 1. The summed E-state index contributed by atoms with van der Waals surface area (Å²) in [6, 6.07) is 9.99. The van der Waals surface area contributed by atoms with Gasteiger partial charge in [0.1, 0.15) is 0 Å². The van der Waals surface area contributed by atoms with Gasteiger partial charge in [-0.25, -0.2) is 0 Å². The van der Waals surface area contributed by atoms with E-state index in [4.69, 9.17) is 0 Å². The lowest BCUT2D eigenvalue weighted by Gasteiger charge is -2.52. The number of rotatable bonds is 1. The van der Waals surface area contributed by atoms with Crippen LogP contribution in [0.2, 0.25) is 0 Å². The van der Waals surface area contributed by atoms with Crippen molar-refractivity contribution in [2.75, 3.05) is 19.6 Å². The number of hydrogen-bond acceptors (Lipinski definition) is 3. The highest BCUT2D eigenvalue weighted by Gasteiger charge is 2.44. The predicted octanol–water partition coefficient (Wildman–Crippen LogP) is 2.71. The minimum Gasteiger partial charge on any atom is -0.339 e. The van der Waals surface area contributed by atoms with Gasteiger partial charge in [0.15, 0.2) is 0 Å². The fraction of sp³-hybridized carbons (Fsp3) is 0.476. The first-order valence-electron chi connectivity index (χ1n) is 9.62. The molecule has 3 saturated heterocycles. The van der Waals surface area contributed by atoms with Crippen LogP contribution in [-0.4, -0.2) is 52.3 Å². The molecule has 4 heterocycles. The van der Waals surface area contributed by atoms with E-state index in [2.05, 4.69) is 9.88 Å². The van der Waals surface area contributed by atoms with E-state index in [-0.39, 0.29) is 5.91 Å². The van der Waals surface area contributed by atoms with E-state index < -0.39 is 0 Å². The smallest absolute Gasteiger partial charge is 0.253 e. The molecule has 5 rings (SSSR count). The Balaban J connectivity index is 1.39. The molecular weight excluding hydrogens is 326 g/mol. The van der Waals surface area contributed by atoms with Gasteiger partial charge in [0.2, 0.25) is 5.91 Å². The molecule has 0 N–H and O–H groups in total. The van der Waals surface area contributed by atoms with Crippen molar-refractivity contribution in [1.29, 1.82) is 0 Å². The van der Waals surface area contributed by atoms with Gasteiger partial charge in [-0.05, 0) is 55.4 Å². The summed E-state index contributed by atoms with van der Waals surface area (Å²) < 4.78 is 0. The first-order valence-corrected chi connectivity index (χ1v) is 9.62. The highest BCUT2D eigenvalue weighted by Crippen LogP contribution is 2.38. The van der Waals surface area contributed by atoms with Gasteiger partial charge < -0.3 is 9.80 Å². The van der Waals surface area contributed by atoms with Crippen molar-refractivity contribution in [3.8, 4) is 0 Å². The van der Waals surface area contributed by atoms with E-state index in [1.807, 2.05) is 35.2 Å². The van der Waals surface area contributed by atoms with Crippen molar-refractivity contribution in [2.24, 2.45) is 11.8 Å². The molecule has 2 aromatic rings. The molecule has 0 aliphatic carbocycles. The minimum absolute atomic E-state index is 0.112. The van der Waals surface area contributed by atoms with E-state index in [0.29, 0.717) is 30.2 Å². The molecule has 2 bridgehead atoms. The van der Waals surface area contributed by atoms with E-state index in [0.717, 1.165) is 55.4 Å². The van der Waals surface area contributed by atoms with Crippen LogP contribution in [-0.2, 0) is 4.79 Å². The number of fused-ring (bicyclic) bond motifs is 5. The van der Waals surface area contributed by atoms with Crippen molar-refractivity contribution in [2.45, 2.75) is 31.7 Å². The van der Waals surface area contributed by atoms with Crippen LogP contribution in [0.1, 0.15) is 36.0 Å². The average molecular weight is 349 g/mol. The number of likely N-dealkylation sites (tertiary alicyclic amines) is 1. The number of hydrogen-bond donors (Lipinski definition) is 0. The Morgan fingerprint density at radius 1 is 1.15 bits per heavy atom. The minimum atomic E-state index is 0.112. The van der Waals surface area contributed by atoms with Gasteiger partial charge in [-0.3, -0.25) is 14.6 Å². The van der Waals surface area contributed by atoms with Gasteiger partial charge in [-0.2, -0.15) is 0 Å². The summed E-state index contributed by atoms with van der Waals surface area (Å²) in [7, 11) is 0. The van der Waals surface area contributed by atoms with Crippen LogP contribution in [0.3, 0.4) is 0 Å². The second-order valence-corrected chi connectivity index (χ2v) is 7.99. The monoisotopic (exact) mass is 349 g/mol. The lowest BCUT2D eigenvalue weighted by Crippen LogP contribution is -2.61. The summed E-state index contributed by atoms with van der Waals surface area (Å²) in [5.41, 5.74) is 1.65. The first kappa shape index (κ1) is 15.8. The predicted molar refractivity (Wildman–Crippen MR) is 98.6 cm³/mol. The number of carbonyl (C=O) groups excluding carboxylic acids is 2. The lowest BCUT2D eigenvalue weighted by molar-refractivity contribution is -0.144. The molecule has 2 amide bonds. The quantitative estimate of drug-likeness (QED) is 0.795. The molecule has 0 unspecified atom stereocenters. The Morgan fingerprint density at radius 2 is 2.08 bits per heavy atom. The molecule has 5 heteroatoms. The normalized spacial score (nSPS) is 28.2. The number of pyridine rings is 1. The van der Waals surface area contributed by atoms with Crippen LogP contribution in [0.5, 0.6) is 0 Å². The van der Waals surface area contributed by atoms with Crippen LogP contribution in [0.25, 0.3) is 10.9 Å². The summed E-state index contributed by atoms with van der Waals surface area (Å²) in [4.78, 5) is 33.9. The maximum Gasteiger partial charge on any atom is 0.253 e. The van der Waals surface area contributed by atoms with Crippen LogP contribution in [0.4, 0.5) is 0 Å². The molecule has 0 saturated carbocycles. The molecule has 0 radical (unpaired) electrons. The number of amides is 2. The third-order valence-electron chi connectivity index (χ3n) is 6.32. The van der Waals surface area contributed by atoms with Crippen LogP contribution in [0.15, 0.2) is 36.5 Å². The molecule has 5 nitrogen and oxygen atoms in total. The topological polar surface area (TPSA) is 53.5 Å². The Morgan fingerprint density at radius 3 is 3.00 bits per heavy atom. The van der Waals surface area contributed by atoms with E-state index in [1.54, 1.807) is 6.20 Å². The fourth-order valence-corrected chi connectivity index (χ4v) is 5.17. The molecule has 0 spiro atoms. The number of piperidine rings is 3. The number of aromatic nitrogens is 1. The highest BCUT2D eigenvalue weighted by atomic mass is 16.2. The summed E-state index contributed by atoms with van der Waals surface area (Å²) in [5, 5.41) is 1.000. The highest BCUT2D eigenvalue weighted by molar-refractivity contribution is 5.98. The molecule has 1 aromatic heterocycles. The standard InChI is InChI=1S/C21H23N3O2/c25-20-5-1-4-19-17-9-14(12-24(19)20)11-23(13-17)21(26)16-6-7-18-15(10-16)3-2-8-22-18/h2-3,6-8,10,14,17,19H,1,4-5,9,11-13H2/t14-,17-,19-/m1/s1. The molecule has 26 heavy (non-hydrogen) atoms. The van der Waals surface area contributed by atoms with E-state index >= 15 is 0 Å². The van der Waals surface area contributed by atoms with Crippen molar-refractivity contribution in [3.63, 3.8) is 0 Å². The Hall–Kier alpha value is -2.43. The molecule has 3 atom stereocenters. The van der Waals surface area contributed by atoms with Crippen molar-refractivity contribution in [3.05, 3.63) is 42.1 Å². The lowest BCUT2D eigenvalue weighted by atomic mass is 9.76. The zero-order valence-corrected chi connectivity index (χ0v) is 14.8. The third-order valence-corrected chi connectivity index (χ3v) is 6.32. The SMILES string of the molecule is O=C(c1ccc2ncccc2c1)N1C[C@H]2C[C@H](C1)[C@H]1CCCC(=O)N1C2. The van der Waals surface area contributed by atoms with Crippen LogP contribution in [0, 0.1) is 11.8 Å². The molecule has 3 aliphatic heterocycles. The molecule has 134 valence electrons. The van der Waals surface area contributed by atoms with Crippen molar-refractivity contribution < 1.29 is 9.59 Å². The van der Waals surface area contributed by atoms with Crippen molar-refractivity contribution >= 4 is 22.7 Å². The number of carbonyl (C=O) groups is 2. The van der Waals surface area contributed by atoms with Crippen LogP contribution >= 0.6 is 0 Å². The van der Waals surface area contributed by atoms with Gasteiger partial charge in [0.25, 0.3) is 5.91 Å². The second-order valence-electron chi connectivity index (χ2n) is 7.99. The van der Waals surface area contributed by atoms with Gasteiger partial charge in [0, 0.05) is 49.2 Å². The molecular formula is C21H23N3O2. The van der Waals surface area contributed by atoms with E-state index in [9.17, 15) is 9.59 Å². The van der Waals surface area contributed by atoms with Gasteiger partial charge in [-0.15, -0.1) is 0 Å². The maximum atomic E-state index is 13.1. The zero-order valence-electron chi connectivity index (χ0n) is 14.8. The summed E-state index contributed by atoms with van der Waals surface area (Å²) >= 11 is 0. The maximum absolute atomic E-state index is 13.1. The third kappa shape index (κ3) is 2.57. The second kappa shape index (κ2) is 6.08. The van der Waals surface area contributed by atoms with Gasteiger partial charge in [-0.1, -0.05) is 6.07 Å². The Labute approximate surface area is 153 Å². The molecule has 3 fully saturated rings. The zero-order chi connectivity index (χ0) is 17.7. The summed E-state index contributed by atoms with van der Waals surface area (Å²) in [5.74, 6) is 1.27. The summed E-state index contributed by atoms with van der Waals surface area (Å²) in [6.07, 6.45) is 5.70. The van der Waals surface area contributed by atoms with Crippen molar-refractivity contribution in [1.82, 2.24) is 14.8 Å². The Kier molecular flexibility index (Phi) is 3.69. The van der Waals surface area contributed by atoms with Crippen LogP contribution < -0.4 is 0 Å². The first-order chi connectivity index (χ1) is 12.7. The average Bonchev–Trinajstić information content (AvgIpc) is 2.68. The molecule has 3 aliphatic rings. The molecule has 1 aromatic carbocycles. The Bertz CT molecular complexity index is 880. The van der Waals surface area contributed by atoms with Gasteiger partial charge in [0.05, 0.1) is 5.52 Å². The largest absolute Gasteiger partial charge is 0.339 e. The fourth-order valence-electron chi connectivity index (χ4n) is 5.17. The summed E-state index contributed by atoms with van der Waals surface area (Å²) in [6.45, 7) is 2.36. The van der Waals surface area contributed by atoms with Gasteiger partial charge >= 0.3 is 0 Å².